The maximum Gasteiger partial charge on any atom is 0.337 e. The highest BCUT2D eigenvalue weighted by atomic mass is 35.5. The number of rotatable bonds is 3. The number of benzene rings is 1. The number of ether oxygens (including phenoxy) is 1. The molecule has 0 fully saturated rings. The zero-order valence-electron chi connectivity index (χ0n) is 8.35. The Balaban J connectivity index is 2.95. The fourth-order valence-corrected chi connectivity index (χ4v) is 1.72. The number of halogens is 2. The maximum absolute atomic E-state index is 11.0. The summed E-state index contributed by atoms with van der Waals surface area (Å²) in [7, 11) is 1.11. The molecule has 0 aliphatic carbocycles. The summed E-state index contributed by atoms with van der Waals surface area (Å²) < 4.78 is 4.30. The highest BCUT2D eigenvalue weighted by molar-refractivity contribution is 6.34. The Kier molecular flexibility index (Phi) is 4.56. The zero-order chi connectivity index (χ0) is 12.3. The molecule has 0 aliphatic rings. The highest BCUT2D eigenvalue weighted by Crippen LogP contribution is 2.25. The van der Waals surface area contributed by atoms with Crippen LogP contribution in [0.1, 0.15) is 11.7 Å². The average Bonchev–Trinajstić information content (AvgIpc) is 2.24. The number of aliphatic hydroxyl groups excluding tert-OH is 2. The molecule has 0 bridgehead atoms. The largest absolute Gasteiger partial charge is 0.467 e. The fraction of sp³-hybridized carbons (Fsp3) is 0.300. The molecule has 0 saturated carbocycles. The highest BCUT2D eigenvalue weighted by Gasteiger charge is 2.26. The molecule has 0 aliphatic heterocycles. The number of methoxy groups -OCH3 is 1. The molecule has 1 aromatic carbocycles. The third kappa shape index (κ3) is 3.09. The minimum Gasteiger partial charge on any atom is -0.467 e. The van der Waals surface area contributed by atoms with Crippen molar-refractivity contribution in [2.45, 2.75) is 12.2 Å². The van der Waals surface area contributed by atoms with Gasteiger partial charge < -0.3 is 14.9 Å². The van der Waals surface area contributed by atoms with E-state index in [0.29, 0.717) is 10.0 Å². The lowest BCUT2D eigenvalue weighted by Crippen LogP contribution is -2.29. The quantitative estimate of drug-likeness (QED) is 0.814. The second kappa shape index (κ2) is 5.50. The van der Waals surface area contributed by atoms with Crippen LogP contribution in [0.5, 0.6) is 0 Å². The van der Waals surface area contributed by atoms with Crippen LogP contribution in [-0.4, -0.2) is 29.4 Å². The van der Waals surface area contributed by atoms with E-state index in [9.17, 15) is 15.0 Å². The number of carbonyl (C=O) groups is 1. The Morgan fingerprint density at radius 2 is 1.75 bits per heavy atom. The second-order valence-electron chi connectivity index (χ2n) is 3.12. The van der Waals surface area contributed by atoms with Gasteiger partial charge in [-0.25, -0.2) is 4.79 Å². The molecule has 0 heterocycles. The predicted octanol–water partition coefficient (Wildman–Crippen LogP) is 1.56. The van der Waals surface area contributed by atoms with Crippen molar-refractivity contribution >= 4 is 29.2 Å². The van der Waals surface area contributed by atoms with Crippen molar-refractivity contribution in [3.05, 3.63) is 33.8 Å². The average molecular weight is 265 g/mol. The standard InChI is InChI=1S/C10H10Cl2O4/c1-16-10(15)9(14)8(13)5-2-6(11)4-7(12)3-5/h2-4,8-9,13-14H,1H3. The molecule has 88 valence electrons. The summed E-state index contributed by atoms with van der Waals surface area (Å²) in [5, 5.41) is 19.7. The summed E-state index contributed by atoms with van der Waals surface area (Å²) in [4.78, 5) is 11.0. The zero-order valence-corrected chi connectivity index (χ0v) is 9.87. The minimum atomic E-state index is -1.67. The van der Waals surface area contributed by atoms with Gasteiger partial charge in [0.1, 0.15) is 6.10 Å². The van der Waals surface area contributed by atoms with E-state index in [2.05, 4.69) is 4.74 Å². The van der Waals surface area contributed by atoms with Crippen LogP contribution in [0.4, 0.5) is 0 Å². The lowest BCUT2D eigenvalue weighted by Gasteiger charge is -2.16. The molecule has 4 nitrogen and oxygen atoms in total. The van der Waals surface area contributed by atoms with Gasteiger partial charge in [0.05, 0.1) is 7.11 Å². The van der Waals surface area contributed by atoms with Gasteiger partial charge in [0.25, 0.3) is 0 Å². The molecule has 0 saturated heterocycles. The topological polar surface area (TPSA) is 66.8 Å². The van der Waals surface area contributed by atoms with Crippen LogP contribution < -0.4 is 0 Å². The van der Waals surface area contributed by atoms with Crippen molar-refractivity contribution in [3.8, 4) is 0 Å². The van der Waals surface area contributed by atoms with Gasteiger partial charge in [-0.2, -0.15) is 0 Å². The summed E-state index contributed by atoms with van der Waals surface area (Å²) in [6.07, 6.45) is -3.09. The van der Waals surface area contributed by atoms with Gasteiger partial charge in [0, 0.05) is 10.0 Å². The van der Waals surface area contributed by atoms with Crippen molar-refractivity contribution in [1.82, 2.24) is 0 Å². The van der Waals surface area contributed by atoms with Gasteiger partial charge in [0.15, 0.2) is 6.10 Å². The lowest BCUT2D eigenvalue weighted by molar-refractivity contribution is -0.156. The second-order valence-corrected chi connectivity index (χ2v) is 3.99. The van der Waals surface area contributed by atoms with E-state index in [-0.39, 0.29) is 5.56 Å². The number of hydrogen-bond acceptors (Lipinski definition) is 4. The van der Waals surface area contributed by atoms with Crippen LogP contribution in [0, 0.1) is 0 Å². The molecule has 2 unspecified atom stereocenters. The Morgan fingerprint density at radius 1 is 1.25 bits per heavy atom. The summed E-state index contributed by atoms with van der Waals surface area (Å²) in [5.41, 5.74) is 0.246. The Bertz CT molecular complexity index is 374. The molecule has 0 spiro atoms. The van der Waals surface area contributed by atoms with E-state index < -0.39 is 18.2 Å². The third-order valence-corrected chi connectivity index (χ3v) is 2.40. The molecule has 2 N–H and O–H groups in total. The number of hydrogen-bond donors (Lipinski definition) is 2. The first-order chi connectivity index (χ1) is 7.45. The summed E-state index contributed by atoms with van der Waals surface area (Å²) in [5.74, 6) is -0.927. The van der Waals surface area contributed by atoms with E-state index >= 15 is 0 Å². The normalized spacial score (nSPS) is 14.3. The van der Waals surface area contributed by atoms with Crippen LogP contribution in [0.3, 0.4) is 0 Å². The molecule has 1 rings (SSSR count). The van der Waals surface area contributed by atoms with Crippen molar-refractivity contribution < 1.29 is 19.7 Å². The van der Waals surface area contributed by atoms with Crippen LogP contribution in [0.15, 0.2) is 18.2 Å². The first-order valence-electron chi connectivity index (χ1n) is 4.35. The monoisotopic (exact) mass is 264 g/mol. The molecule has 1 aromatic rings. The van der Waals surface area contributed by atoms with Crippen molar-refractivity contribution in [1.29, 1.82) is 0 Å². The lowest BCUT2D eigenvalue weighted by atomic mass is 10.0. The predicted molar refractivity (Wildman–Crippen MR) is 59.4 cm³/mol. The molecule has 0 radical (unpaired) electrons. The molecule has 0 aromatic heterocycles. The SMILES string of the molecule is COC(=O)C(O)C(O)c1cc(Cl)cc(Cl)c1. The van der Waals surface area contributed by atoms with Gasteiger partial charge in [0.2, 0.25) is 0 Å². The molecular formula is C10H10Cl2O4. The van der Waals surface area contributed by atoms with Crippen molar-refractivity contribution in [2.24, 2.45) is 0 Å². The number of carbonyl (C=O) groups excluding carboxylic acids is 1. The first kappa shape index (κ1) is 13.3. The van der Waals surface area contributed by atoms with Gasteiger partial charge in [-0.15, -0.1) is 0 Å². The van der Waals surface area contributed by atoms with Crippen LogP contribution in [0.2, 0.25) is 10.0 Å². The molecule has 0 amide bonds. The summed E-state index contributed by atoms with van der Waals surface area (Å²) >= 11 is 11.4. The van der Waals surface area contributed by atoms with E-state index in [1.165, 1.54) is 18.2 Å². The van der Waals surface area contributed by atoms with Crippen molar-refractivity contribution in [3.63, 3.8) is 0 Å². The maximum atomic E-state index is 11.0. The smallest absolute Gasteiger partial charge is 0.337 e. The van der Waals surface area contributed by atoms with Crippen molar-refractivity contribution in [2.75, 3.05) is 7.11 Å². The van der Waals surface area contributed by atoms with E-state index in [0.717, 1.165) is 7.11 Å². The Hall–Kier alpha value is -0.810. The molecule has 2 atom stereocenters. The Morgan fingerprint density at radius 3 is 2.19 bits per heavy atom. The minimum absolute atomic E-state index is 0.246. The van der Waals surface area contributed by atoms with E-state index in [1.54, 1.807) is 0 Å². The Labute approximate surface area is 102 Å². The van der Waals surface area contributed by atoms with E-state index in [4.69, 9.17) is 23.2 Å². The van der Waals surface area contributed by atoms with Gasteiger partial charge in [-0.05, 0) is 23.8 Å². The van der Waals surface area contributed by atoms with Crippen LogP contribution in [0.25, 0.3) is 0 Å². The summed E-state index contributed by atoms with van der Waals surface area (Å²) in [6, 6.07) is 4.29. The van der Waals surface area contributed by atoms with Gasteiger partial charge in [-0.1, -0.05) is 23.2 Å². The van der Waals surface area contributed by atoms with Gasteiger partial charge in [-0.3, -0.25) is 0 Å². The van der Waals surface area contributed by atoms with E-state index in [1.807, 2.05) is 0 Å². The molecule has 16 heavy (non-hydrogen) atoms. The first-order valence-corrected chi connectivity index (χ1v) is 5.11. The van der Waals surface area contributed by atoms with Gasteiger partial charge >= 0.3 is 5.97 Å². The van der Waals surface area contributed by atoms with Crippen LogP contribution >= 0.6 is 23.2 Å². The number of esters is 1. The van der Waals surface area contributed by atoms with Crippen LogP contribution in [-0.2, 0) is 9.53 Å². The molecule has 6 heteroatoms. The molecular weight excluding hydrogens is 255 g/mol. The number of aliphatic hydroxyl groups is 2. The third-order valence-electron chi connectivity index (χ3n) is 1.97. The summed E-state index contributed by atoms with van der Waals surface area (Å²) in [6.45, 7) is 0. The fourth-order valence-electron chi connectivity index (χ4n) is 1.18.